The van der Waals surface area contributed by atoms with Crippen LogP contribution in [0, 0.1) is 0 Å². The molecule has 140 valence electrons. The molecule has 0 amide bonds. The average molecular weight is 394 g/mol. The first kappa shape index (κ1) is 25.2. The SMILES string of the molecule is CCCCCCCCCCC(C(=O)OCCCC)[N+](C)(C)C.[Br-]. The third-order valence-electron chi connectivity index (χ3n) is 4.28. The van der Waals surface area contributed by atoms with Crippen molar-refractivity contribution in [3.05, 3.63) is 0 Å². The molecule has 0 rings (SSSR count). The Morgan fingerprint density at radius 2 is 1.30 bits per heavy atom. The second-order valence-electron chi connectivity index (χ2n) is 7.42. The van der Waals surface area contributed by atoms with Crippen molar-refractivity contribution in [3.63, 3.8) is 0 Å². The van der Waals surface area contributed by atoms with E-state index in [-0.39, 0.29) is 29.0 Å². The zero-order chi connectivity index (χ0) is 16.8. The number of unbranched alkanes of at least 4 members (excludes halogenated alkanes) is 8. The van der Waals surface area contributed by atoms with E-state index in [1.54, 1.807) is 0 Å². The van der Waals surface area contributed by atoms with Crippen molar-refractivity contribution in [2.45, 2.75) is 90.5 Å². The Bertz CT molecular complexity index is 277. The number of likely N-dealkylation sites (N-methyl/N-ethyl adjacent to an activating group) is 1. The minimum Gasteiger partial charge on any atom is -1.00 e. The number of halogens is 1. The van der Waals surface area contributed by atoms with Crippen molar-refractivity contribution in [2.24, 2.45) is 0 Å². The lowest BCUT2D eigenvalue weighted by Crippen LogP contribution is -3.00. The molecule has 0 saturated heterocycles. The summed E-state index contributed by atoms with van der Waals surface area (Å²) in [5.41, 5.74) is 0. The highest BCUT2D eigenvalue weighted by Crippen LogP contribution is 2.16. The zero-order valence-electron chi connectivity index (χ0n) is 16.2. The Labute approximate surface area is 155 Å². The first-order valence-corrected chi connectivity index (χ1v) is 9.41. The van der Waals surface area contributed by atoms with Gasteiger partial charge in [-0.1, -0.05) is 65.2 Å². The van der Waals surface area contributed by atoms with Crippen LogP contribution < -0.4 is 17.0 Å². The maximum Gasteiger partial charge on any atom is 0.364 e. The molecule has 0 saturated carbocycles. The van der Waals surface area contributed by atoms with Crippen LogP contribution in [0.15, 0.2) is 0 Å². The second-order valence-corrected chi connectivity index (χ2v) is 7.42. The van der Waals surface area contributed by atoms with E-state index >= 15 is 0 Å². The molecule has 4 heteroatoms. The Kier molecular flexibility index (Phi) is 16.9. The third-order valence-corrected chi connectivity index (χ3v) is 4.28. The minimum atomic E-state index is -0.0167. The summed E-state index contributed by atoms with van der Waals surface area (Å²) in [4.78, 5) is 12.3. The van der Waals surface area contributed by atoms with E-state index in [2.05, 4.69) is 35.0 Å². The molecule has 0 spiro atoms. The number of carbonyl (C=O) groups excluding carboxylic acids is 1. The van der Waals surface area contributed by atoms with Crippen LogP contribution in [0.3, 0.4) is 0 Å². The maximum atomic E-state index is 12.3. The van der Waals surface area contributed by atoms with Gasteiger partial charge < -0.3 is 26.2 Å². The smallest absolute Gasteiger partial charge is 0.364 e. The molecular weight excluding hydrogens is 354 g/mol. The molecule has 3 nitrogen and oxygen atoms in total. The number of rotatable bonds is 14. The van der Waals surface area contributed by atoms with Gasteiger partial charge in [0, 0.05) is 6.42 Å². The number of carbonyl (C=O) groups is 1. The number of hydrogen-bond donors (Lipinski definition) is 0. The van der Waals surface area contributed by atoms with E-state index in [0.717, 1.165) is 25.7 Å². The van der Waals surface area contributed by atoms with Crippen LogP contribution >= 0.6 is 0 Å². The van der Waals surface area contributed by atoms with E-state index in [1.807, 2.05) is 0 Å². The van der Waals surface area contributed by atoms with Crippen LogP contribution in [-0.4, -0.2) is 44.2 Å². The third kappa shape index (κ3) is 14.0. The highest BCUT2D eigenvalue weighted by molar-refractivity contribution is 5.74. The van der Waals surface area contributed by atoms with Gasteiger partial charge in [-0.05, 0) is 12.8 Å². The van der Waals surface area contributed by atoms with Gasteiger partial charge in [-0.3, -0.25) is 0 Å². The highest BCUT2D eigenvalue weighted by atomic mass is 79.9. The average Bonchev–Trinajstić information content (AvgIpc) is 2.44. The summed E-state index contributed by atoms with van der Waals surface area (Å²) in [6, 6.07) is -0.0167. The molecule has 0 bridgehead atoms. The lowest BCUT2D eigenvalue weighted by molar-refractivity contribution is -0.887. The van der Waals surface area contributed by atoms with E-state index in [1.165, 1.54) is 44.9 Å². The van der Waals surface area contributed by atoms with E-state index < -0.39 is 0 Å². The molecule has 23 heavy (non-hydrogen) atoms. The highest BCUT2D eigenvalue weighted by Gasteiger charge is 2.32. The van der Waals surface area contributed by atoms with Crippen molar-refractivity contribution >= 4 is 5.97 Å². The van der Waals surface area contributed by atoms with E-state index in [0.29, 0.717) is 11.1 Å². The van der Waals surface area contributed by atoms with Crippen LogP contribution in [0.4, 0.5) is 0 Å². The molecule has 1 unspecified atom stereocenters. The molecule has 0 heterocycles. The molecule has 0 aromatic heterocycles. The number of nitrogens with zero attached hydrogens (tertiary/aromatic N) is 1. The van der Waals surface area contributed by atoms with Crippen LogP contribution in [-0.2, 0) is 9.53 Å². The monoisotopic (exact) mass is 393 g/mol. The largest absolute Gasteiger partial charge is 1.00 e. The maximum absolute atomic E-state index is 12.3. The summed E-state index contributed by atoms with van der Waals surface area (Å²) >= 11 is 0. The number of hydrogen-bond acceptors (Lipinski definition) is 2. The topological polar surface area (TPSA) is 26.3 Å². The molecule has 0 radical (unpaired) electrons. The number of quaternary nitrogens is 1. The Morgan fingerprint density at radius 3 is 1.78 bits per heavy atom. The summed E-state index contributed by atoms with van der Waals surface area (Å²) in [7, 11) is 6.28. The van der Waals surface area contributed by atoms with Crippen molar-refractivity contribution in [3.8, 4) is 0 Å². The van der Waals surface area contributed by atoms with Crippen LogP contribution in [0.5, 0.6) is 0 Å². The quantitative estimate of drug-likeness (QED) is 0.256. The second kappa shape index (κ2) is 15.4. The lowest BCUT2D eigenvalue weighted by Gasteiger charge is -2.32. The normalized spacial score (nSPS) is 12.6. The van der Waals surface area contributed by atoms with Gasteiger partial charge in [0.25, 0.3) is 0 Å². The molecule has 0 aliphatic carbocycles. The van der Waals surface area contributed by atoms with Crippen molar-refractivity contribution < 1.29 is 31.0 Å². The molecular formula is C19H40BrNO2. The fourth-order valence-corrected chi connectivity index (χ4v) is 2.71. The summed E-state index contributed by atoms with van der Waals surface area (Å²) in [5, 5.41) is 0. The van der Waals surface area contributed by atoms with Crippen LogP contribution in [0.25, 0.3) is 0 Å². The Balaban J connectivity index is 0. The standard InChI is InChI=1S/C19H40NO2.BrH/c1-6-8-10-11-12-13-14-15-16-18(20(3,4)5)19(21)22-17-9-7-2;/h18H,6-17H2,1-5H3;1H/q+1;/p-1. The molecule has 0 fully saturated rings. The van der Waals surface area contributed by atoms with Gasteiger partial charge in [0.1, 0.15) is 0 Å². The summed E-state index contributed by atoms with van der Waals surface area (Å²) in [6.07, 6.45) is 13.4. The molecule has 0 aliphatic heterocycles. The van der Waals surface area contributed by atoms with Gasteiger partial charge in [-0.2, -0.15) is 0 Å². The molecule has 0 aliphatic rings. The van der Waals surface area contributed by atoms with E-state index in [4.69, 9.17) is 4.74 Å². The number of ether oxygens (including phenoxy) is 1. The first-order chi connectivity index (χ1) is 10.4. The predicted octanol–water partition coefficient (Wildman–Crippen LogP) is 1.94. The Morgan fingerprint density at radius 1 is 0.826 bits per heavy atom. The van der Waals surface area contributed by atoms with Gasteiger partial charge in [0.05, 0.1) is 27.7 Å². The number of esters is 1. The fourth-order valence-electron chi connectivity index (χ4n) is 2.71. The van der Waals surface area contributed by atoms with Gasteiger partial charge in [0.2, 0.25) is 0 Å². The Hall–Kier alpha value is -0.0900. The van der Waals surface area contributed by atoms with Crippen molar-refractivity contribution in [1.29, 1.82) is 0 Å². The lowest BCUT2D eigenvalue weighted by atomic mass is 10.0. The van der Waals surface area contributed by atoms with Gasteiger partial charge in [0.15, 0.2) is 6.04 Å². The predicted molar refractivity (Wildman–Crippen MR) is 94.9 cm³/mol. The fraction of sp³-hybridized carbons (Fsp3) is 0.947. The van der Waals surface area contributed by atoms with E-state index in [9.17, 15) is 4.79 Å². The summed E-state index contributed by atoms with van der Waals surface area (Å²) in [5.74, 6) is -0.0103. The summed E-state index contributed by atoms with van der Waals surface area (Å²) < 4.78 is 6.11. The van der Waals surface area contributed by atoms with Crippen molar-refractivity contribution in [2.75, 3.05) is 27.7 Å². The van der Waals surface area contributed by atoms with Crippen LogP contribution in [0.1, 0.15) is 84.5 Å². The first-order valence-electron chi connectivity index (χ1n) is 9.41. The molecule has 0 aromatic carbocycles. The van der Waals surface area contributed by atoms with Crippen molar-refractivity contribution in [1.82, 2.24) is 0 Å². The summed E-state index contributed by atoms with van der Waals surface area (Å²) in [6.45, 7) is 4.94. The van der Waals surface area contributed by atoms with Gasteiger partial charge in [-0.15, -0.1) is 0 Å². The minimum absolute atomic E-state index is 0. The van der Waals surface area contributed by atoms with Gasteiger partial charge in [-0.25, -0.2) is 4.79 Å². The van der Waals surface area contributed by atoms with Gasteiger partial charge >= 0.3 is 5.97 Å². The molecule has 0 aromatic rings. The van der Waals surface area contributed by atoms with Crippen LogP contribution in [0.2, 0.25) is 0 Å². The molecule has 0 N–H and O–H groups in total. The molecule has 1 atom stereocenters. The zero-order valence-corrected chi connectivity index (χ0v) is 17.8.